The Bertz CT molecular complexity index is 877. The minimum Gasteiger partial charge on any atom is -0.507 e. The first-order chi connectivity index (χ1) is 14.3. The maximum atomic E-state index is 12.9. The quantitative estimate of drug-likeness (QED) is 0.713. The van der Waals surface area contributed by atoms with Crippen molar-refractivity contribution in [2.24, 2.45) is 0 Å². The Kier molecular flexibility index (Phi) is 5.61. The van der Waals surface area contributed by atoms with Crippen LogP contribution in [-0.4, -0.2) is 44.9 Å². The smallest absolute Gasteiger partial charge is 0.416 e. The maximum Gasteiger partial charge on any atom is 0.416 e. The van der Waals surface area contributed by atoms with Gasteiger partial charge in [-0.05, 0) is 75.4 Å². The first-order valence-corrected chi connectivity index (χ1v) is 10.5. The van der Waals surface area contributed by atoms with E-state index in [0.29, 0.717) is 35.2 Å². The van der Waals surface area contributed by atoms with E-state index < -0.39 is 17.5 Å². The molecule has 2 aromatic rings. The molecule has 8 heteroatoms. The molecule has 3 atom stereocenters. The molecule has 0 aliphatic carbocycles. The van der Waals surface area contributed by atoms with Gasteiger partial charge in [-0.1, -0.05) is 6.92 Å². The molecule has 3 heterocycles. The lowest BCUT2D eigenvalue weighted by Crippen LogP contribution is -2.50. The number of benzene rings is 1. The van der Waals surface area contributed by atoms with Gasteiger partial charge in [0.05, 0.1) is 11.3 Å². The SMILES string of the molecule is CCCN1C2CCC(Nc3ccc(-c4c(C)cc(C(F)(F)F)cc4O)nn3)C1CC2. The number of nitrogens with one attached hydrogen (secondary N) is 1. The number of anilines is 1. The second-order valence-electron chi connectivity index (χ2n) is 8.35. The summed E-state index contributed by atoms with van der Waals surface area (Å²) in [5.41, 5.74) is 0.0436. The number of hydrogen-bond donors (Lipinski definition) is 2. The van der Waals surface area contributed by atoms with Crippen molar-refractivity contribution in [2.45, 2.75) is 70.3 Å². The van der Waals surface area contributed by atoms with Crippen molar-refractivity contribution in [3.05, 3.63) is 35.4 Å². The number of piperidine rings is 1. The van der Waals surface area contributed by atoms with E-state index in [1.54, 1.807) is 12.1 Å². The van der Waals surface area contributed by atoms with Crippen LogP contribution in [0.2, 0.25) is 0 Å². The first-order valence-electron chi connectivity index (χ1n) is 10.5. The summed E-state index contributed by atoms with van der Waals surface area (Å²) < 4.78 is 38.8. The van der Waals surface area contributed by atoms with E-state index in [0.717, 1.165) is 31.5 Å². The van der Waals surface area contributed by atoms with Crippen molar-refractivity contribution in [1.82, 2.24) is 15.1 Å². The van der Waals surface area contributed by atoms with Gasteiger partial charge in [-0.3, -0.25) is 4.90 Å². The number of aromatic hydroxyl groups is 1. The van der Waals surface area contributed by atoms with Crippen molar-refractivity contribution in [3.8, 4) is 17.0 Å². The number of phenolic OH excluding ortho intramolecular Hbond substituents is 1. The van der Waals surface area contributed by atoms with Crippen molar-refractivity contribution in [3.63, 3.8) is 0 Å². The Morgan fingerprint density at radius 2 is 1.90 bits per heavy atom. The molecule has 2 fully saturated rings. The highest BCUT2D eigenvalue weighted by Gasteiger charge is 2.41. The Morgan fingerprint density at radius 1 is 1.13 bits per heavy atom. The van der Waals surface area contributed by atoms with Crippen LogP contribution >= 0.6 is 0 Å². The molecule has 2 N–H and O–H groups in total. The number of alkyl halides is 3. The standard InChI is InChI=1S/C22H27F3N4O/c1-3-10-29-15-4-6-16(18(29)8-5-15)26-20-9-7-17(27-28-20)21-13(2)11-14(12-19(21)30)22(23,24)25/h7,9,11-12,15-16,18,30H,3-6,8,10H2,1-2H3,(H,26,28). The zero-order valence-corrected chi connectivity index (χ0v) is 17.2. The van der Waals surface area contributed by atoms with Crippen LogP contribution < -0.4 is 5.32 Å². The Hall–Kier alpha value is -2.35. The topological polar surface area (TPSA) is 61.3 Å². The molecule has 162 valence electrons. The fourth-order valence-electron chi connectivity index (χ4n) is 5.05. The van der Waals surface area contributed by atoms with Crippen LogP contribution in [-0.2, 0) is 6.18 Å². The average Bonchev–Trinajstić information content (AvgIpc) is 2.96. The monoisotopic (exact) mass is 420 g/mol. The zero-order chi connectivity index (χ0) is 21.5. The molecule has 0 spiro atoms. The number of halogens is 3. The number of aryl methyl sites for hydroxylation is 1. The number of rotatable bonds is 5. The molecular weight excluding hydrogens is 393 g/mol. The number of nitrogens with zero attached hydrogens (tertiary/aromatic N) is 3. The van der Waals surface area contributed by atoms with Gasteiger partial charge >= 0.3 is 6.18 Å². The fraction of sp³-hybridized carbons (Fsp3) is 0.545. The summed E-state index contributed by atoms with van der Waals surface area (Å²) in [4.78, 5) is 2.62. The van der Waals surface area contributed by atoms with Crippen LogP contribution in [0.1, 0.15) is 50.2 Å². The van der Waals surface area contributed by atoms with Crippen LogP contribution in [0, 0.1) is 6.92 Å². The van der Waals surface area contributed by atoms with Crippen molar-refractivity contribution in [2.75, 3.05) is 11.9 Å². The fourth-order valence-corrected chi connectivity index (χ4v) is 5.05. The molecule has 2 bridgehead atoms. The molecule has 0 saturated carbocycles. The largest absolute Gasteiger partial charge is 0.507 e. The highest BCUT2D eigenvalue weighted by atomic mass is 19.4. The van der Waals surface area contributed by atoms with E-state index in [2.05, 4.69) is 27.3 Å². The molecule has 1 aromatic carbocycles. The van der Waals surface area contributed by atoms with E-state index in [4.69, 9.17) is 0 Å². The Balaban J connectivity index is 1.51. The summed E-state index contributed by atoms with van der Waals surface area (Å²) in [6, 6.07) is 6.75. The summed E-state index contributed by atoms with van der Waals surface area (Å²) in [6.45, 7) is 4.85. The highest BCUT2D eigenvalue weighted by molar-refractivity contribution is 5.71. The third-order valence-electron chi connectivity index (χ3n) is 6.34. The van der Waals surface area contributed by atoms with Crippen LogP contribution in [0.15, 0.2) is 24.3 Å². The van der Waals surface area contributed by atoms with Gasteiger partial charge in [0.15, 0.2) is 0 Å². The van der Waals surface area contributed by atoms with Gasteiger partial charge in [0.2, 0.25) is 0 Å². The lowest BCUT2D eigenvalue weighted by Gasteiger charge is -2.40. The zero-order valence-electron chi connectivity index (χ0n) is 17.2. The molecule has 0 amide bonds. The Morgan fingerprint density at radius 3 is 2.53 bits per heavy atom. The van der Waals surface area contributed by atoms with Crippen molar-refractivity contribution >= 4 is 5.82 Å². The van der Waals surface area contributed by atoms with E-state index in [1.807, 2.05) is 0 Å². The van der Waals surface area contributed by atoms with Gasteiger partial charge < -0.3 is 10.4 Å². The minimum atomic E-state index is -4.51. The second kappa shape index (κ2) is 8.06. The number of fused-ring (bicyclic) bond motifs is 2. The van der Waals surface area contributed by atoms with E-state index in [-0.39, 0.29) is 5.56 Å². The number of aromatic nitrogens is 2. The summed E-state index contributed by atoms with van der Waals surface area (Å²) >= 11 is 0. The normalized spacial score (nSPS) is 24.2. The first kappa shape index (κ1) is 20.9. The third-order valence-corrected chi connectivity index (χ3v) is 6.34. The molecule has 2 saturated heterocycles. The van der Waals surface area contributed by atoms with E-state index in [1.165, 1.54) is 26.2 Å². The molecule has 1 aromatic heterocycles. The predicted octanol–water partition coefficient (Wildman–Crippen LogP) is 4.99. The van der Waals surface area contributed by atoms with E-state index in [9.17, 15) is 18.3 Å². The molecular formula is C22H27F3N4O. The minimum absolute atomic E-state index is 0.271. The van der Waals surface area contributed by atoms with E-state index >= 15 is 0 Å². The molecule has 2 aliphatic heterocycles. The molecule has 4 rings (SSSR count). The summed E-state index contributed by atoms with van der Waals surface area (Å²) in [5, 5.41) is 22.1. The lowest BCUT2D eigenvalue weighted by molar-refractivity contribution is -0.137. The van der Waals surface area contributed by atoms with Crippen LogP contribution in [0.25, 0.3) is 11.3 Å². The van der Waals surface area contributed by atoms with Gasteiger partial charge in [0.25, 0.3) is 0 Å². The van der Waals surface area contributed by atoms with Gasteiger partial charge in [-0.15, -0.1) is 10.2 Å². The third kappa shape index (κ3) is 3.97. The van der Waals surface area contributed by atoms with Crippen LogP contribution in [0.4, 0.5) is 19.0 Å². The molecule has 5 nitrogen and oxygen atoms in total. The second-order valence-corrected chi connectivity index (χ2v) is 8.35. The number of phenols is 1. The van der Waals surface area contributed by atoms with Gasteiger partial charge in [0, 0.05) is 23.7 Å². The summed E-state index contributed by atoms with van der Waals surface area (Å²) in [7, 11) is 0. The predicted molar refractivity (Wildman–Crippen MR) is 109 cm³/mol. The molecule has 0 radical (unpaired) electrons. The summed E-state index contributed by atoms with van der Waals surface area (Å²) in [5.74, 6) is 0.200. The van der Waals surface area contributed by atoms with Crippen LogP contribution in [0.3, 0.4) is 0 Å². The average molecular weight is 420 g/mol. The van der Waals surface area contributed by atoms with Gasteiger partial charge in [-0.2, -0.15) is 13.2 Å². The van der Waals surface area contributed by atoms with Gasteiger partial charge in [0.1, 0.15) is 11.6 Å². The highest BCUT2D eigenvalue weighted by Crippen LogP contribution is 2.39. The number of hydrogen-bond acceptors (Lipinski definition) is 5. The van der Waals surface area contributed by atoms with Crippen LogP contribution in [0.5, 0.6) is 5.75 Å². The van der Waals surface area contributed by atoms with Crippen molar-refractivity contribution < 1.29 is 18.3 Å². The molecule has 3 unspecified atom stereocenters. The molecule has 30 heavy (non-hydrogen) atoms. The summed E-state index contributed by atoms with van der Waals surface area (Å²) in [6.07, 6.45) is 1.35. The van der Waals surface area contributed by atoms with Crippen molar-refractivity contribution in [1.29, 1.82) is 0 Å². The lowest BCUT2D eigenvalue weighted by atomic mass is 9.97. The maximum absolute atomic E-state index is 12.9. The molecule has 2 aliphatic rings. The Labute approximate surface area is 174 Å². The van der Waals surface area contributed by atoms with Gasteiger partial charge in [-0.25, -0.2) is 0 Å².